The SMILES string of the molecule is COc1ccc(C(C)(C)C(=O)Nc2ccc(F)cc2F)cc1. The lowest BCUT2D eigenvalue weighted by Gasteiger charge is -2.24. The summed E-state index contributed by atoms with van der Waals surface area (Å²) in [6, 6.07) is 10.1. The van der Waals surface area contributed by atoms with Crippen molar-refractivity contribution in [1.82, 2.24) is 0 Å². The van der Waals surface area contributed by atoms with Gasteiger partial charge >= 0.3 is 0 Å². The highest BCUT2D eigenvalue weighted by atomic mass is 19.1. The van der Waals surface area contributed by atoms with Crippen molar-refractivity contribution in [3.8, 4) is 5.75 Å². The molecule has 0 heterocycles. The standard InChI is InChI=1S/C17H17F2NO2/c1-17(2,11-4-7-13(22-3)8-5-11)16(21)20-15-9-6-12(18)10-14(15)19/h4-10H,1-3H3,(H,20,21). The predicted molar refractivity (Wildman–Crippen MR) is 81.0 cm³/mol. The Bertz CT molecular complexity index is 682. The zero-order chi connectivity index (χ0) is 16.3. The number of amides is 1. The van der Waals surface area contributed by atoms with Crippen LogP contribution in [0.3, 0.4) is 0 Å². The van der Waals surface area contributed by atoms with E-state index in [0.29, 0.717) is 5.75 Å². The highest BCUT2D eigenvalue weighted by Crippen LogP contribution is 2.27. The lowest BCUT2D eigenvalue weighted by molar-refractivity contribution is -0.120. The molecule has 0 bridgehead atoms. The smallest absolute Gasteiger partial charge is 0.234 e. The van der Waals surface area contributed by atoms with E-state index in [2.05, 4.69) is 5.32 Å². The Morgan fingerprint density at radius 2 is 1.73 bits per heavy atom. The van der Waals surface area contributed by atoms with Crippen LogP contribution in [0, 0.1) is 11.6 Å². The van der Waals surface area contributed by atoms with Gasteiger partial charge < -0.3 is 10.1 Å². The van der Waals surface area contributed by atoms with Gasteiger partial charge in [-0.05, 0) is 43.7 Å². The molecule has 0 aliphatic heterocycles. The molecule has 5 heteroatoms. The van der Waals surface area contributed by atoms with Crippen molar-refractivity contribution in [2.45, 2.75) is 19.3 Å². The van der Waals surface area contributed by atoms with Gasteiger partial charge in [-0.3, -0.25) is 4.79 Å². The summed E-state index contributed by atoms with van der Waals surface area (Å²) in [6.45, 7) is 3.46. The maximum Gasteiger partial charge on any atom is 0.234 e. The van der Waals surface area contributed by atoms with Crippen LogP contribution in [0.2, 0.25) is 0 Å². The van der Waals surface area contributed by atoms with Crippen LogP contribution in [-0.2, 0) is 10.2 Å². The molecule has 3 nitrogen and oxygen atoms in total. The Labute approximate surface area is 127 Å². The minimum absolute atomic E-state index is 0.0482. The molecule has 2 aromatic rings. The molecular weight excluding hydrogens is 288 g/mol. The second kappa shape index (κ2) is 6.13. The molecule has 116 valence electrons. The van der Waals surface area contributed by atoms with E-state index in [1.807, 2.05) is 0 Å². The fourth-order valence-electron chi connectivity index (χ4n) is 2.01. The van der Waals surface area contributed by atoms with Gasteiger partial charge in [0.15, 0.2) is 0 Å². The molecule has 0 unspecified atom stereocenters. The molecule has 1 amide bonds. The molecule has 0 aliphatic rings. The van der Waals surface area contributed by atoms with Crippen LogP contribution in [-0.4, -0.2) is 13.0 Å². The maximum absolute atomic E-state index is 13.6. The highest BCUT2D eigenvalue weighted by molar-refractivity contribution is 5.98. The number of hydrogen-bond acceptors (Lipinski definition) is 2. The number of benzene rings is 2. The Kier molecular flexibility index (Phi) is 4.45. The van der Waals surface area contributed by atoms with Gasteiger partial charge in [0.25, 0.3) is 0 Å². The number of halogens is 2. The average molecular weight is 305 g/mol. The van der Waals surface area contributed by atoms with Crippen LogP contribution in [0.1, 0.15) is 19.4 Å². The van der Waals surface area contributed by atoms with Crippen molar-refractivity contribution in [1.29, 1.82) is 0 Å². The van der Waals surface area contributed by atoms with Gasteiger partial charge in [-0.1, -0.05) is 12.1 Å². The first-order chi connectivity index (χ1) is 10.3. The minimum atomic E-state index is -0.882. The number of nitrogens with one attached hydrogen (secondary N) is 1. The van der Waals surface area contributed by atoms with Crippen LogP contribution in [0.15, 0.2) is 42.5 Å². The molecule has 0 saturated carbocycles. The molecule has 0 saturated heterocycles. The molecule has 2 aromatic carbocycles. The van der Waals surface area contributed by atoms with Gasteiger partial charge in [0.1, 0.15) is 17.4 Å². The lowest BCUT2D eigenvalue weighted by atomic mass is 9.83. The molecule has 2 rings (SSSR count). The van der Waals surface area contributed by atoms with Crippen molar-refractivity contribution in [3.63, 3.8) is 0 Å². The van der Waals surface area contributed by atoms with Crippen molar-refractivity contribution < 1.29 is 18.3 Å². The van der Waals surface area contributed by atoms with E-state index in [1.54, 1.807) is 45.2 Å². The molecule has 1 N–H and O–H groups in total. The third kappa shape index (κ3) is 3.24. The lowest BCUT2D eigenvalue weighted by Crippen LogP contribution is -2.35. The molecular formula is C17H17F2NO2. The van der Waals surface area contributed by atoms with E-state index in [0.717, 1.165) is 17.7 Å². The molecule has 0 radical (unpaired) electrons. The highest BCUT2D eigenvalue weighted by Gasteiger charge is 2.30. The normalized spacial score (nSPS) is 11.1. The van der Waals surface area contributed by atoms with E-state index >= 15 is 0 Å². The molecule has 0 aliphatic carbocycles. The Hall–Kier alpha value is -2.43. The summed E-state index contributed by atoms with van der Waals surface area (Å²) in [6.07, 6.45) is 0. The zero-order valence-electron chi connectivity index (χ0n) is 12.6. The molecule has 0 spiro atoms. The fraction of sp³-hybridized carbons (Fsp3) is 0.235. The topological polar surface area (TPSA) is 38.3 Å². The number of carbonyl (C=O) groups excluding carboxylic acids is 1. The van der Waals surface area contributed by atoms with Crippen molar-refractivity contribution >= 4 is 11.6 Å². The number of ether oxygens (including phenoxy) is 1. The number of rotatable bonds is 4. The third-order valence-corrected chi connectivity index (χ3v) is 3.56. The summed E-state index contributed by atoms with van der Waals surface area (Å²) in [7, 11) is 1.56. The number of hydrogen-bond donors (Lipinski definition) is 1. The second-order valence-corrected chi connectivity index (χ2v) is 5.43. The average Bonchev–Trinajstić information content (AvgIpc) is 2.50. The van der Waals surface area contributed by atoms with Crippen molar-refractivity contribution in [2.24, 2.45) is 0 Å². The quantitative estimate of drug-likeness (QED) is 0.930. The summed E-state index contributed by atoms with van der Waals surface area (Å²) in [5.74, 6) is -1.20. The van der Waals surface area contributed by atoms with Gasteiger partial charge in [-0.2, -0.15) is 0 Å². The van der Waals surface area contributed by atoms with E-state index in [4.69, 9.17) is 4.74 Å². The monoisotopic (exact) mass is 305 g/mol. The number of carbonyl (C=O) groups is 1. The fourth-order valence-corrected chi connectivity index (χ4v) is 2.01. The molecule has 0 aromatic heterocycles. The van der Waals surface area contributed by atoms with Crippen LogP contribution in [0.5, 0.6) is 5.75 Å². The molecule has 0 atom stereocenters. The molecule has 22 heavy (non-hydrogen) atoms. The van der Waals surface area contributed by atoms with Gasteiger partial charge in [0, 0.05) is 6.07 Å². The number of methoxy groups -OCH3 is 1. The van der Waals surface area contributed by atoms with Crippen LogP contribution in [0.25, 0.3) is 0 Å². The summed E-state index contributed by atoms with van der Waals surface area (Å²) < 4.78 is 31.6. The second-order valence-electron chi connectivity index (χ2n) is 5.43. The van der Waals surface area contributed by atoms with Gasteiger partial charge in [-0.15, -0.1) is 0 Å². The first kappa shape index (κ1) is 15.9. The summed E-state index contributed by atoms with van der Waals surface area (Å²) >= 11 is 0. The third-order valence-electron chi connectivity index (χ3n) is 3.56. The van der Waals surface area contributed by atoms with E-state index in [1.165, 1.54) is 6.07 Å². The Balaban J connectivity index is 2.22. The minimum Gasteiger partial charge on any atom is -0.497 e. The van der Waals surface area contributed by atoms with E-state index in [9.17, 15) is 13.6 Å². The van der Waals surface area contributed by atoms with Gasteiger partial charge in [0.05, 0.1) is 18.2 Å². The van der Waals surface area contributed by atoms with Gasteiger partial charge in [0.2, 0.25) is 5.91 Å². The van der Waals surface area contributed by atoms with Gasteiger partial charge in [-0.25, -0.2) is 8.78 Å². The van der Waals surface area contributed by atoms with Crippen molar-refractivity contribution in [3.05, 3.63) is 59.7 Å². The largest absolute Gasteiger partial charge is 0.497 e. The predicted octanol–water partition coefficient (Wildman–Crippen LogP) is 3.89. The summed E-state index contributed by atoms with van der Waals surface area (Å²) in [4.78, 5) is 12.4. The van der Waals surface area contributed by atoms with Crippen molar-refractivity contribution in [2.75, 3.05) is 12.4 Å². The Morgan fingerprint density at radius 1 is 1.09 bits per heavy atom. The van der Waals surface area contributed by atoms with Crippen LogP contribution in [0.4, 0.5) is 14.5 Å². The maximum atomic E-state index is 13.6. The first-order valence-corrected chi connectivity index (χ1v) is 6.75. The van der Waals surface area contributed by atoms with E-state index in [-0.39, 0.29) is 11.6 Å². The summed E-state index contributed by atoms with van der Waals surface area (Å²) in [5.41, 5.74) is -0.172. The number of anilines is 1. The Morgan fingerprint density at radius 3 is 2.27 bits per heavy atom. The first-order valence-electron chi connectivity index (χ1n) is 6.75. The molecule has 0 fully saturated rings. The van der Waals surface area contributed by atoms with E-state index < -0.39 is 17.0 Å². The van der Waals surface area contributed by atoms with Crippen LogP contribution >= 0.6 is 0 Å². The summed E-state index contributed by atoms with van der Waals surface area (Å²) in [5, 5.41) is 2.49. The van der Waals surface area contributed by atoms with Crippen LogP contribution < -0.4 is 10.1 Å². The zero-order valence-corrected chi connectivity index (χ0v) is 12.6.